The average Bonchev–Trinajstić information content (AvgIpc) is 1.85. The Kier molecular flexibility index (Phi) is 4.94. The maximum atomic E-state index is 12.3. The van der Waals surface area contributed by atoms with E-state index in [1.807, 2.05) is 0 Å². The number of halogens is 1. The highest BCUT2D eigenvalue weighted by molar-refractivity contribution is 7.52. The van der Waals surface area contributed by atoms with Gasteiger partial charge in [0.25, 0.3) is 0 Å². The molecule has 0 aliphatic carbocycles. The van der Waals surface area contributed by atoms with Gasteiger partial charge >= 0.3 is 7.68 Å². The molecule has 0 rings (SSSR count). The summed E-state index contributed by atoms with van der Waals surface area (Å²) in [5.41, 5.74) is 0. The molecule has 0 aromatic heterocycles. The van der Waals surface area contributed by atoms with E-state index in [2.05, 4.69) is 18.4 Å². The van der Waals surface area contributed by atoms with Crippen LogP contribution < -0.4 is 0 Å². The van der Waals surface area contributed by atoms with E-state index < -0.39 is 7.68 Å². The van der Waals surface area contributed by atoms with Crippen LogP contribution in [0.25, 0.3) is 0 Å². The van der Waals surface area contributed by atoms with Gasteiger partial charge in [0, 0.05) is 6.66 Å². The van der Waals surface area contributed by atoms with Crippen molar-refractivity contribution in [2.75, 3.05) is 13.3 Å². The summed E-state index contributed by atoms with van der Waals surface area (Å²) in [7, 11) is -3.73. The fraction of sp³-hybridized carbons (Fsp3) is 1.00. The van der Waals surface area contributed by atoms with Crippen LogP contribution in [0.5, 0.6) is 0 Å². The van der Waals surface area contributed by atoms with E-state index in [1.54, 1.807) is 0 Å². The normalized spacial score (nSPS) is 19.3. The minimum Gasteiger partial charge on any atom is -0.306 e. The molecule has 0 heterocycles. The highest BCUT2D eigenvalue weighted by Crippen LogP contribution is 2.44. The summed E-state index contributed by atoms with van der Waals surface area (Å²) in [6.45, 7) is 5.37. The molecular formula is C7H16FO2P. The van der Waals surface area contributed by atoms with Gasteiger partial charge in [-0.2, -0.15) is 4.20 Å². The molecule has 0 N–H and O–H groups in total. The fourth-order valence-electron chi connectivity index (χ4n) is 0.621. The van der Waals surface area contributed by atoms with Crippen molar-refractivity contribution in [1.29, 1.82) is 0 Å². The molecule has 2 unspecified atom stereocenters. The van der Waals surface area contributed by atoms with Crippen molar-refractivity contribution in [3.8, 4) is 0 Å². The Morgan fingerprint density at radius 1 is 1.64 bits per heavy atom. The van der Waals surface area contributed by atoms with Crippen molar-refractivity contribution in [3.05, 3.63) is 0 Å². The van der Waals surface area contributed by atoms with Crippen LogP contribution in [0.4, 0.5) is 4.20 Å². The average molecular weight is 182 g/mol. The zero-order chi connectivity index (χ0) is 8.91. The molecule has 0 aromatic rings. The molecular weight excluding hydrogens is 166 g/mol. The van der Waals surface area contributed by atoms with Gasteiger partial charge in [-0.15, -0.1) is 0 Å². The summed E-state index contributed by atoms with van der Waals surface area (Å²) in [6, 6.07) is 0. The number of rotatable bonds is 5. The van der Waals surface area contributed by atoms with Gasteiger partial charge < -0.3 is 4.52 Å². The molecule has 0 amide bonds. The quantitative estimate of drug-likeness (QED) is 0.610. The van der Waals surface area contributed by atoms with Gasteiger partial charge in [-0.25, -0.2) is 0 Å². The van der Waals surface area contributed by atoms with E-state index in [1.165, 1.54) is 0 Å². The highest BCUT2D eigenvalue weighted by Gasteiger charge is 2.12. The Balaban J connectivity index is 3.35. The third-order valence-corrected chi connectivity index (χ3v) is 2.27. The van der Waals surface area contributed by atoms with E-state index in [-0.39, 0.29) is 6.61 Å². The molecule has 0 saturated heterocycles. The van der Waals surface area contributed by atoms with E-state index in [4.69, 9.17) is 0 Å². The second-order valence-corrected chi connectivity index (χ2v) is 4.63. The van der Waals surface area contributed by atoms with Crippen molar-refractivity contribution in [2.45, 2.75) is 26.7 Å². The second kappa shape index (κ2) is 4.89. The Labute approximate surface area is 67.7 Å². The maximum absolute atomic E-state index is 12.3. The molecule has 0 bridgehead atoms. The Hall–Kier alpha value is 0.120. The summed E-state index contributed by atoms with van der Waals surface area (Å²) in [5.74, 6) is 0.515. The molecule has 68 valence electrons. The van der Waals surface area contributed by atoms with E-state index in [0.717, 1.165) is 19.5 Å². The maximum Gasteiger partial charge on any atom is 0.364 e. The minimum atomic E-state index is -3.73. The van der Waals surface area contributed by atoms with Gasteiger partial charge in [0.1, 0.15) is 0 Å². The van der Waals surface area contributed by atoms with Crippen molar-refractivity contribution in [1.82, 2.24) is 0 Å². The van der Waals surface area contributed by atoms with Crippen LogP contribution in [0.15, 0.2) is 0 Å². The largest absolute Gasteiger partial charge is 0.364 e. The van der Waals surface area contributed by atoms with Crippen molar-refractivity contribution in [2.24, 2.45) is 5.92 Å². The van der Waals surface area contributed by atoms with E-state index in [0.29, 0.717) is 5.92 Å². The highest BCUT2D eigenvalue weighted by atomic mass is 31.2. The van der Waals surface area contributed by atoms with Crippen molar-refractivity contribution in [3.63, 3.8) is 0 Å². The van der Waals surface area contributed by atoms with Gasteiger partial charge in [0.15, 0.2) is 0 Å². The molecule has 0 saturated carbocycles. The van der Waals surface area contributed by atoms with Crippen molar-refractivity contribution >= 4 is 7.68 Å². The first-order valence-electron chi connectivity index (χ1n) is 3.87. The molecule has 0 radical (unpaired) electrons. The number of hydrogen-bond donors (Lipinski definition) is 0. The van der Waals surface area contributed by atoms with Gasteiger partial charge in [0.05, 0.1) is 6.61 Å². The summed E-state index contributed by atoms with van der Waals surface area (Å²) >= 11 is 0. The summed E-state index contributed by atoms with van der Waals surface area (Å²) < 4.78 is 27.2. The van der Waals surface area contributed by atoms with Gasteiger partial charge in [-0.3, -0.25) is 4.57 Å². The Bertz CT molecular complexity index is 143. The lowest BCUT2D eigenvalue weighted by atomic mass is 10.1. The summed E-state index contributed by atoms with van der Waals surface area (Å²) in [4.78, 5) is 0. The zero-order valence-corrected chi connectivity index (χ0v) is 8.23. The van der Waals surface area contributed by atoms with Crippen LogP contribution in [-0.4, -0.2) is 13.3 Å². The van der Waals surface area contributed by atoms with Gasteiger partial charge in [-0.05, 0) is 12.3 Å². The predicted octanol–water partition coefficient (Wildman–Crippen LogP) is 3.23. The Morgan fingerprint density at radius 2 is 2.18 bits per heavy atom. The molecule has 0 fully saturated rings. The molecule has 11 heavy (non-hydrogen) atoms. The number of hydrogen-bond acceptors (Lipinski definition) is 2. The summed E-state index contributed by atoms with van der Waals surface area (Å²) in [6.07, 6.45) is 1.82. The lowest BCUT2D eigenvalue weighted by Gasteiger charge is -2.08. The zero-order valence-electron chi connectivity index (χ0n) is 7.34. The molecule has 0 spiro atoms. The topological polar surface area (TPSA) is 26.3 Å². The smallest absolute Gasteiger partial charge is 0.306 e. The summed E-state index contributed by atoms with van der Waals surface area (Å²) in [5, 5.41) is 0. The molecule has 0 aromatic carbocycles. The molecule has 2 nitrogen and oxygen atoms in total. The van der Waals surface area contributed by atoms with Crippen LogP contribution in [0.1, 0.15) is 26.7 Å². The second-order valence-electron chi connectivity index (χ2n) is 2.88. The van der Waals surface area contributed by atoms with Crippen LogP contribution in [0, 0.1) is 5.92 Å². The third-order valence-electron chi connectivity index (χ3n) is 1.63. The predicted molar refractivity (Wildman–Crippen MR) is 44.7 cm³/mol. The molecule has 2 atom stereocenters. The van der Waals surface area contributed by atoms with Gasteiger partial charge in [0.2, 0.25) is 0 Å². The third kappa shape index (κ3) is 8.02. The monoisotopic (exact) mass is 182 g/mol. The first kappa shape index (κ1) is 11.1. The van der Waals surface area contributed by atoms with Crippen LogP contribution >= 0.6 is 7.68 Å². The van der Waals surface area contributed by atoms with Crippen LogP contribution in [0.2, 0.25) is 0 Å². The minimum absolute atomic E-state index is 0.263. The Morgan fingerprint density at radius 3 is 2.55 bits per heavy atom. The van der Waals surface area contributed by atoms with Crippen LogP contribution in [0.3, 0.4) is 0 Å². The van der Waals surface area contributed by atoms with E-state index >= 15 is 0 Å². The molecule has 0 aliphatic rings. The first-order valence-corrected chi connectivity index (χ1v) is 5.83. The lowest BCUT2D eigenvalue weighted by Crippen LogP contribution is -1.98. The molecule has 0 aliphatic heterocycles. The fourth-order valence-corrected chi connectivity index (χ4v) is 1.05. The first-order chi connectivity index (χ1) is 4.95. The van der Waals surface area contributed by atoms with E-state index in [9.17, 15) is 8.76 Å². The standard InChI is InChI=1S/C7H16FO2P/c1-4-7(2)5-6-10-11(3,8)9/h7H,4-6H2,1-3H3. The SMILES string of the molecule is CCC(C)CCOP(C)(=O)F. The van der Waals surface area contributed by atoms with Crippen LogP contribution in [-0.2, 0) is 9.09 Å². The molecule has 4 heteroatoms. The van der Waals surface area contributed by atoms with Crippen molar-refractivity contribution < 1.29 is 13.3 Å². The lowest BCUT2D eigenvalue weighted by molar-refractivity contribution is 0.264. The van der Waals surface area contributed by atoms with Gasteiger partial charge in [-0.1, -0.05) is 20.3 Å².